The quantitative estimate of drug-likeness (QED) is 0.642. The SMILES string of the molecule is COCCc1c(OS(=O)(=O)C(F)(F)F)cc[nH]c1=O. The maximum atomic E-state index is 12.2. The molecule has 19 heavy (non-hydrogen) atoms. The molecule has 0 amide bonds. The third-order valence-electron chi connectivity index (χ3n) is 2.06. The molecule has 0 unspecified atom stereocenters. The molecule has 10 heteroatoms. The number of hydrogen-bond donors (Lipinski definition) is 1. The van der Waals surface area contributed by atoms with Gasteiger partial charge in [-0.1, -0.05) is 0 Å². The summed E-state index contributed by atoms with van der Waals surface area (Å²) in [4.78, 5) is 13.6. The van der Waals surface area contributed by atoms with Crippen molar-refractivity contribution in [2.24, 2.45) is 0 Å². The maximum absolute atomic E-state index is 12.2. The summed E-state index contributed by atoms with van der Waals surface area (Å²) in [5.41, 5.74) is -6.54. The van der Waals surface area contributed by atoms with Crippen molar-refractivity contribution in [3.05, 3.63) is 28.2 Å². The average molecular weight is 301 g/mol. The summed E-state index contributed by atoms with van der Waals surface area (Å²) >= 11 is 0. The van der Waals surface area contributed by atoms with E-state index in [9.17, 15) is 26.4 Å². The number of pyridine rings is 1. The summed E-state index contributed by atoms with van der Waals surface area (Å²) in [6.45, 7) is 0.0233. The van der Waals surface area contributed by atoms with Crippen LogP contribution in [-0.4, -0.2) is 32.6 Å². The van der Waals surface area contributed by atoms with Crippen molar-refractivity contribution in [1.29, 1.82) is 0 Å². The van der Waals surface area contributed by atoms with Crippen LogP contribution in [0.5, 0.6) is 5.75 Å². The summed E-state index contributed by atoms with van der Waals surface area (Å²) in [5, 5.41) is 0. The molecule has 1 rings (SSSR count). The first-order valence-electron chi connectivity index (χ1n) is 4.89. The van der Waals surface area contributed by atoms with Crippen molar-refractivity contribution in [1.82, 2.24) is 4.98 Å². The molecule has 0 aliphatic rings. The van der Waals surface area contributed by atoms with Crippen LogP contribution >= 0.6 is 0 Å². The van der Waals surface area contributed by atoms with Crippen molar-refractivity contribution in [3.8, 4) is 5.75 Å². The van der Waals surface area contributed by atoms with Crippen molar-refractivity contribution < 1.29 is 30.5 Å². The van der Waals surface area contributed by atoms with Gasteiger partial charge >= 0.3 is 15.6 Å². The lowest BCUT2D eigenvalue weighted by Crippen LogP contribution is -2.29. The van der Waals surface area contributed by atoms with Gasteiger partial charge in [-0.05, 0) is 6.07 Å². The van der Waals surface area contributed by atoms with Crippen LogP contribution in [0.2, 0.25) is 0 Å². The highest BCUT2D eigenvalue weighted by molar-refractivity contribution is 7.88. The van der Waals surface area contributed by atoms with Gasteiger partial charge in [-0.2, -0.15) is 21.6 Å². The first-order chi connectivity index (χ1) is 8.69. The number of aromatic nitrogens is 1. The predicted molar refractivity (Wildman–Crippen MR) is 58.2 cm³/mol. The Morgan fingerprint density at radius 1 is 1.37 bits per heavy atom. The molecule has 0 fully saturated rings. The molecule has 6 nitrogen and oxygen atoms in total. The van der Waals surface area contributed by atoms with Crippen LogP contribution in [0, 0.1) is 0 Å². The van der Waals surface area contributed by atoms with E-state index in [1.807, 2.05) is 0 Å². The third kappa shape index (κ3) is 3.70. The molecule has 1 heterocycles. The van der Waals surface area contributed by atoms with E-state index in [0.29, 0.717) is 0 Å². The van der Waals surface area contributed by atoms with Crippen molar-refractivity contribution in [2.45, 2.75) is 11.9 Å². The highest BCUT2D eigenvalue weighted by Gasteiger charge is 2.48. The molecule has 108 valence electrons. The van der Waals surface area contributed by atoms with E-state index in [4.69, 9.17) is 0 Å². The number of alkyl halides is 3. The van der Waals surface area contributed by atoms with Crippen molar-refractivity contribution >= 4 is 10.1 Å². The van der Waals surface area contributed by atoms with Crippen LogP contribution in [0.15, 0.2) is 17.1 Å². The van der Waals surface area contributed by atoms with Crippen molar-refractivity contribution in [2.75, 3.05) is 13.7 Å². The first-order valence-corrected chi connectivity index (χ1v) is 6.30. The Kier molecular flexibility index (Phi) is 4.58. The van der Waals surface area contributed by atoms with Gasteiger partial charge in [-0.25, -0.2) is 0 Å². The fraction of sp³-hybridized carbons (Fsp3) is 0.444. The molecule has 0 spiro atoms. The summed E-state index contributed by atoms with van der Waals surface area (Å²) in [6.07, 6.45) is 0.898. The first kappa shape index (κ1) is 15.5. The van der Waals surface area contributed by atoms with Crippen LogP contribution in [0.1, 0.15) is 5.56 Å². The molecule has 1 aromatic heterocycles. The van der Waals surface area contributed by atoms with E-state index in [0.717, 1.165) is 12.3 Å². The van der Waals surface area contributed by atoms with Crippen LogP contribution in [0.4, 0.5) is 13.2 Å². The summed E-state index contributed by atoms with van der Waals surface area (Å²) in [6, 6.07) is 0.926. The van der Waals surface area contributed by atoms with Gasteiger partial charge in [0, 0.05) is 19.7 Å². The minimum Gasteiger partial charge on any atom is -0.384 e. The van der Waals surface area contributed by atoms with Crippen LogP contribution in [-0.2, 0) is 21.3 Å². The smallest absolute Gasteiger partial charge is 0.384 e. The van der Waals surface area contributed by atoms with Gasteiger partial charge in [-0.3, -0.25) is 4.79 Å². The lowest BCUT2D eigenvalue weighted by Gasteiger charge is -2.11. The number of aromatic amines is 1. The summed E-state index contributed by atoms with van der Waals surface area (Å²) in [5.74, 6) is -0.668. The van der Waals surface area contributed by atoms with E-state index in [2.05, 4.69) is 13.9 Å². The molecule has 0 aliphatic heterocycles. The highest BCUT2D eigenvalue weighted by atomic mass is 32.2. The third-order valence-corrected chi connectivity index (χ3v) is 3.03. The van der Waals surface area contributed by atoms with E-state index in [1.54, 1.807) is 0 Å². The average Bonchev–Trinajstić information content (AvgIpc) is 2.26. The predicted octanol–water partition coefficient (Wildman–Crippen LogP) is 0.792. The zero-order valence-corrected chi connectivity index (χ0v) is 10.5. The zero-order chi connectivity index (χ0) is 14.7. The van der Waals surface area contributed by atoms with Gasteiger partial charge in [0.15, 0.2) is 5.75 Å². The van der Waals surface area contributed by atoms with Gasteiger partial charge in [0.2, 0.25) is 0 Å². The lowest BCUT2D eigenvalue weighted by atomic mass is 10.2. The topological polar surface area (TPSA) is 85.5 Å². The second-order valence-corrected chi connectivity index (χ2v) is 4.91. The monoisotopic (exact) mass is 301 g/mol. The van der Waals surface area contributed by atoms with Gasteiger partial charge in [-0.15, -0.1) is 0 Å². The number of H-pyrrole nitrogens is 1. The van der Waals surface area contributed by atoms with Gasteiger partial charge in [0.1, 0.15) is 0 Å². The van der Waals surface area contributed by atoms with Crippen molar-refractivity contribution in [3.63, 3.8) is 0 Å². The number of methoxy groups -OCH3 is 1. The number of hydrogen-bond acceptors (Lipinski definition) is 5. The molecule has 1 aromatic rings. The Balaban J connectivity index is 3.15. The largest absolute Gasteiger partial charge is 0.534 e. The van der Waals surface area contributed by atoms with Crippen LogP contribution in [0.3, 0.4) is 0 Å². The standard InChI is InChI=1S/C9H10F3NO5S/c1-17-5-3-6-7(2-4-13-8(6)14)18-19(15,16)9(10,11)12/h2,4H,3,5H2,1H3,(H,13,14). The Hall–Kier alpha value is -1.55. The minimum atomic E-state index is -5.81. The number of ether oxygens (including phenoxy) is 1. The van der Waals surface area contributed by atoms with Gasteiger partial charge < -0.3 is 13.9 Å². The molecule has 0 saturated carbocycles. The Morgan fingerprint density at radius 3 is 2.53 bits per heavy atom. The second kappa shape index (κ2) is 5.61. The number of halogens is 3. The van der Waals surface area contributed by atoms with E-state index < -0.39 is 26.9 Å². The molecule has 0 saturated heterocycles. The summed E-state index contributed by atoms with van der Waals surface area (Å²) in [7, 11) is -4.49. The number of nitrogens with one attached hydrogen (secondary N) is 1. The van der Waals surface area contributed by atoms with E-state index >= 15 is 0 Å². The van der Waals surface area contributed by atoms with Gasteiger partial charge in [0.25, 0.3) is 5.56 Å². The Morgan fingerprint density at radius 2 is 2.00 bits per heavy atom. The van der Waals surface area contributed by atoms with Crippen LogP contribution in [0.25, 0.3) is 0 Å². The second-order valence-electron chi connectivity index (χ2n) is 3.38. The fourth-order valence-corrected chi connectivity index (χ4v) is 1.66. The van der Waals surface area contributed by atoms with E-state index in [1.165, 1.54) is 7.11 Å². The lowest BCUT2D eigenvalue weighted by molar-refractivity contribution is -0.0500. The minimum absolute atomic E-state index is 0.0233. The summed E-state index contributed by atoms with van der Waals surface area (Å²) < 4.78 is 66.9. The fourth-order valence-electron chi connectivity index (χ4n) is 1.18. The molecule has 1 N–H and O–H groups in total. The molecule has 0 radical (unpaired) electrons. The molecule has 0 aliphatic carbocycles. The van der Waals surface area contributed by atoms with E-state index in [-0.39, 0.29) is 18.6 Å². The molecular formula is C9H10F3NO5S. The van der Waals surface area contributed by atoms with Gasteiger partial charge in [0.05, 0.1) is 12.2 Å². The molecular weight excluding hydrogens is 291 g/mol. The highest BCUT2D eigenvalue weighted by Crippen LogP contribution is 2.27. The number of rotatable bonds is 5. The molecule has 0 aromatic carbocycles. The Bertz CT molecular complexity index is 593. The molecule has 0 bridgehead atoms. The molecule has 0 atom stereocenters. The maximum Gasteiger partial charge on any atom is 0.534 e. The Labute approximate surface area is 106 Å². The zero-order valence-electron chi connectivity index (χ0n) is 9.65. The normalized spacial score (nSPS) is 12.4. The van der Waals surface area contributed by atoms with Crippen LogP contribution < -0.4 is 9.74 Å².